The summed E-state index contributed by atoms with van der Waals surface area (Å²) in [6.45, 7) is 0. The summed E-state index contributed by atoms with van der Waals surface area (Å²) in [4.78, 5) is 5.19. The number of para-hydroxylation sites is 3. The van der Waals surface area contributed by atoms with Crippen molar-refractivity contribution < 1.29 is 0 Å². The summed E-state index contributed by atoms with van der Waals surface area (Å²) in [5.74, 6) is 0. The molecule has 0 radical (unpaired) electrons. The Bertz CT molecular complexity index is 3470. The smallest absolute Gasteiger partial charge is 0.0715 e. The van der Waals surface area contributed by atoms with Crippen molar-refractivity contribution in [1.82, 2.24) is 14.1 Å². The normalized spacial score (nSPS) is 11.8. The number of hydrogen-bond acceptors (Lipinski definition) is 1. The van der Waals surface area contributed by atoms with Gasteiger partial charge in [0.05, 0.1) is 33.5 Å². The van der Waals surface area contributed by atoms with E-state index in [0.717, 1.165) is 33.8 Å². The van der Waals surface area contributed by atoms with Gasteiger partial charge in [-0.15, -0.1) is 0 Å². The van der Waals surface area contributed by atoms with E-state index in [1.807, 2.05) is 6.07 Å². The molecule has 9 aromatic carbocycles. The monoisotopic (exact) mass is 737 g/mol. The molecule has 0 spiro atoms. The van der Waals surface area contributed by atoms with E-state index >= 15 is 0 Å². The lowest BCUT2D eigenvalue weighted by Gasteiger charge is -2.12. The Morgan fingerprint density at radius 2 is 0.672 bits per heavy atom. The molecule has 0 unspecified atom stereocenters. The highest BCUT2D eigenvalue weighted by Crippen LogP contribution is 2.43. The molecule has 0 saturated carbocycles. The van der Waals surface area contributed by atoms with Crippen LogP contribution in [0.25, 0.3) is 110 Å². The fourth-order valence-electron chi connectivity index (χ4n) is 9.30. The lowest BCUT2D eigenvalue weighted by atomic mass is 9.96. The quantitative estimate of drug-likeness (QED) is 0.161. The first-order chi connectivity index (χ1) is 28.8. The van der Waals surface area contributed by atoms with Gasteiger partial charge in [-0.05, 0) is 93.3 Å². The third kappa shape index (κ3) is 4.97. The van der Waals surface area contributed by atoms with Gasteiger partial charge >= 0.3 is 0 Å². The van der Waals surface area contributed by atoms with Crippen LogP contribution in [-0.2, 0) is 0 Å². The number of pyridine rings is 1. The zero-order chi connectivity index (χ0) is 38.2. The summed E-state index contributed by atoms with van der Waals surface area (Å²) in [6, 6.07) is 76.6. The molecule has 0 aliphatic heterocycles. The van der Waals surface area contributed by atoms with Crippen molar-refractivity contribution >= 4 is 65.2 Å². The molecule has 0 bridgehead atoms. The Morgan fingerprint density at radius 3 is 1.21 bits per heavy atom. The molecule has 0 aliphatic carbocycles. The molecule has 12 aromatic rings. The highest BCUT2D eigenvalue weighted by atomic mass is 15.0. The predicted octanol–water partition coefficient (Wildman–Crippen LogP) is 14.6. The van der Waals surface area contributed by atoms with Gasteiger partial charge in [-0.1, -0.05) is 152 Å². The Morgan fingerprint density at radius 1 is 0.259 bits per heavy atom. The van der Waals surface area contributed by atoms with Crippen molar-refractivity contribution in [2.24, 2.45) is 0 Å². The van der Waals surface area contributed by atoms with Crippen LogP contribution in [0.3, 0.4) is 0 Å². The second kappa shape index (κ2) is 12.9. The number of rotatable bonds is 5. The van der Waals surface area contributed by atoms with Gasteiger partial charge in [0.2, 0.25) is 0 Å². The minimum atomic E-state index is 0.952. The summed E-state index contributed by atoms with van der Waals surface area (Å²) in [7, 11) is 0. The Hall–Kier alpha value is -7.75. The molecule has 3 heterocycles. The van der Waals surface area contributed by atoms with E-state index in [1.54, 1.807) is 0 Å². The van der Waals surface area contributed by atoms with Crippen LogP contribution >= 0.6 is 0 Å². The maximum atomic E-state index is 5.19. The van der Waals surface area contributed by atoms with Gasteiger partial charge in [-0.2, -0.15) is 0 Å². The fourth-order valence-corrected chi connectivity index (χ4v) is 9.30. The third-order valence-electron chi connectivity index (χ3n) is 11.9. The van der Waals surface area contributed by atoms with Crippen molar-refractivity contribution in [3.63, 3.8) is 0 Å². The van der Waals surface area contributed by atoms with Crippen LogP contribution in [0.1, 0.15) is 0 Å². The number of hydrogen-bond donors (Lipinski definition) is 0. The molecule has 0 atom stereocenters. The first kappa shape index (κ1) is 32.5. The SMILES string of the molecule is c1ccc(-c2cc(-c3ccccc3)nc(-c3ccc(-n4c5ccccc5c5c6ccc7c(ccc8c7c7ccccc7n8-c7ccccc7)c6ccc54)cc3)c2)cc1. The summed E-state index contributed by atoms with van der Waals surface area (Å²) < 4.78 is 4.81. The van der Waals surface area contributed by atoms with Gasteiger partial charge in [0, 0.05) is 44.0 Å². The van der Waals surface area contributed by atoms with Crippen molar-refractivity contribution in [1.29, 1.82) is 0 Å². The Labute approximate surface area is 335 Å². The van der Waals surface area contributed by atoms with Gasteiger partial charge in [-0.25, -0.2) is 4.98 Å². The molecule has 0 aliphatic rings. The van der Waals surface area contributed by atoms with Gasteiger partial charge in [0.1, 0.15) is 0 Å². The summed E-state index contributed by atoms with van der Waals surface area (Å²) in [6.07, 6.45) is 0. The average Bonchev–Trinajstić information content (AvgIpc) is 3.83. The highest BCUT2D eigenvalue weighted by molar-refractivity contribution is 6.30. The maximum absolute atomic E-state index is 5.19. The van der Waals surface area contributed by atoms with Crippen LogP contribution in [0, 0.1) is 0 Å². The van der Waals surface area contributed by atoms with E-state index in [1.165, 1.54) is 76.4 Å². The molecule has 0 amide bonds. The van der Waals surface area contributed by atoms with Crippen LogP contribution < -0.4 is 0 Å². The molecule has 12 rings (SSSR count). The van der Waals surface area contributed by atoms with E-state index < -0.39 is 0 Å². The number of nitrogens with zero attached hydrogens (tertiary/aromatic N) is 3. The highest BCUT2D eigenvalue weighted by Gasteiger charge is 2.19. The van der Waals surface area contributed by atoms with Gasteiger partial charge in [0.25, 0.3) is 0 Å². The lowest BCUT2D eigenvalue weighted by molar-refractivity contribution is 1.18. The summed E-state index contributed by atoms with van der Waals surface area (Å²) in [5.41, 5.74) is 13.5. The second-order valence-electron chi connectivity index (χ2n) is 15.1. The van der Waals surface area contributed by atoms with Gasteiger partial charge in [0.15, 0.2) is 0 Å². The molecular weight excluding hydrogens is 703 g/mol. The van der Waals surface area contributed by atoms with E-state index in [0.29, 0.717) is 0 Å². The van der Waals surface area contributed by atoms with Crippen molar-refractivity contribution in [3.05, 3.63) is 212 Å². The largest absolute Gasteiger partial charge is 0.309 e. The van der Waals surface area contributed by atoms with E-state index in [-0.39, 0.29) is 0 Å². The number of aromatic nitrogens is 3. The van der Waals surface area contributed by atoms with E-state index in [4.69, 9.17) is 4.98 Å². The standard InChI is InChI=1S/C55H35N3/c1-4-14-36(15-5-1)39-34-48(37-16-6-2-7-17-37)56-49(35-39)38-24-26-41(27-25-38)58-51-23-13-11-21-47(51)55-45-29-28-44-42(43(45)31-33-53(55)58)30-32-52-54(44)46-20-10-12-22-50(46)57(52)40-18-8-3-9-19-40/h1-35H. The van der Waals surface area contributed by atoms with Gasteiger partial charge < -0.3 is 9.13 Å². The molecule has 58 heavy (non-hydrogen) atoms. The van der Waals surface area contributed by atoms with Crippen molar-refractivity contribution in [3.8, 4) is 45.0 Å². The molecule has 3 nitrogen and oxygen atoms in total. The van der Waals surface area contributed by atoms with Crippen molar-refractivity contribution in [2.75, 3.05) is 0 Å². The van der Waals surface area contributed by atoms with Crippen LogP contribution in [0.15, 0.2) is 212 Å². The maximum Gasteiger partial charge on any atom is 0.0715 e. The minimum absolute atomic E-state index is 0.952. The fraction of sp³-hybridized carbons (Fsp3) is 0. The Balaban J connectivity index is 1.02. The topological polar surface area (TPSA) is 22.8 Å². The summed E-state index contributed by atoms with van der Waals surface area (Å²) >= 11 is 0. The molecule has 3 aromatic heterocycles. The first-order valence-electron chi connectivity index (χ1n) is 19.9. The first-order valence-corrected chi connectivity index (χ1v) is 19.9. The van der Waals surface area contributed by atoms with Crippen LogP contribution in [0.4, 0.5) is 0 Å². The second-order valence-corrected chi connectivity index (χ2v) is 15.1. The molecule has 0 N–H and O–H groups in total. The van der Waals surface area contributed by atoms with Gasteiger partial charge in [-0.3, -0.25) is 0 Å². The van der Waals surface area contributed by atoms with E-state index in [9.17, 15) is 0 Å². The lowest BCUT2D eigenvalue weighted by Crippen LogP contribution is -1.95. The molecular formula is C55H35N3. The predicted molar refractivity (Wildman–Crippen MR) is 244 cm³/mol. The summed E-state index contributed by atoms with van der Waals surface area (Å²) in [5, 5.41) is 10.2. The molecule has 270 valence electrons. The average molecular weight is 738 g/mol. The molecule has 0 saturated heterocycles. The van der Waals surface area contributed by atoms with Crippen molar-refractivity contribution in [2.45, 2.75) is 0 Å². The Kier molecular flexibility index (Phi) is 7.23. The van der Waals surface area contributed by atoms with Crippen LogP contribution in [0.5, 0.6) is 0 Å². The van der Waals surface area contributed by atoms with Crippen LogP contribution in [-0.4, -0.2) is 14.1 Å². The zero-order valence-electron chi connectivity index (χ0n) is 31.5. The third-order valence-corrected chi connectivity index (χ3v) is 11.9. The van der Waals surface area contributed by atoms with Crippen LogP contribution in [0.2, 0.25) is 0 Å². The number of benzene rings is 9. The number of fused-ring (bicyclic) bond motifs is 11. The zero-order valence-corrected chi connectivity index (χ0v) is 31.5. The minimum Gasteiger partial charge on any atom is -0.309 e. The van der Waals surface area contributed by atoms with E-state index in [2.05, 4.69) is 215 Å². The molecule has 3 heteroatoms. The molecule has 0 fully saturated rings.